The van der Waals surface area contributed by atoms with E-state index in [9.17, 15) is 8.42 Å². The number of hydrogen-bond donors (Lipinski definition) is 0. The van der Waals surface area contributed by atoms with Crippen LogP contribution in [0, 0.1) is 17.8 Å². The lowest BCUT2D eigenvalue weighted by molar-refractivity contribution is 0.0359. The van der Waals surface area contributed by atoms with Gasteiger partial charge in [0.05, 0.1) is 9.79 Å². The van der Waals surface area contributed by atoms with Gasteiger partial charge in [0.15, 0.2) is 0 Å². The first-order chi connectivity index (χ1) is 21.9. The molecule has 6 nitrogen and oxygen atoms in total. The predicted molar refractivity (Wildman–Crippen MR) is 181 cm³/mol. The monoisotopic (exact) mass is 626 g/mol. The summed E-state index contributed by atoms with van der Waals surface area (Å²) in [5, 5.41) is 0. The van der Waals surface area contributed by atoms with E-state index >= 15 is 0 Å². The Balaban J connectivity index is 0.965. The molecule has 7 rings (SSSR count). The maximum atomic E-state index is 13.2. The average molecular weight is 627 g/mol. The third kappa shape index (κ3) is 5.85. The van der Waals surface area contributed by atoms with E-state index in [2.05, 4.69) is 50.9 Å². The van der Waals surface area contributed by atoms with Gasteiger partial charge in [0.2, 0.25) is 9.84 Å². The summed E-state index contributed by atoms with van der Waals surface area (Å²) in [4.78, 5) is 12.8. The summed E-state index contributed by atoms with van der Waals surface area (Å²) < 4.78 is 26.4. The zero-order valence-corrected chi connectivity index (χ0v) is 28.0. The standard InChI is InChI=1S/C38H50N4O2S/c1-3-33-23-36(17-20-39-33)45(43,44)35-15-13-34(14-16-35)42-25-29(26-42)24-41-21-18-32(19-22-41)38(31-10-6-7-11-31)28-40(4-2)27-30-9-5-8-12-37(30)38/h5,8-9,12-17,20,23,29,31-32H,3-4,6-7,10-11,18-19,21-22,24-28H2,1-2H3. The van der Waals surface area contributed by atoms with E-state index in [-0.39, 0.29) is 0 Å². The maximum Gasteiger partial charge on any atom is 0.206 e. The molecule has 1 unspecified atom stereocenters. The second kappa shape index (κ2) is 12.8. The number of fused-ring (bicyclic) bond motifs is 1. The first-order valence-corrected chi connectivity index (χ1v) is 19.0. The lowest BCUT2D eigenvalue weighted by Gasteiger charge is -2.54. The van der Waals surface area contributed by atoms with Crippen LogP contribution < -0.4 is 4.90 Å². The Morgan fingerprint density at radius 3 is 2.27 bits per heavy atom. The van der Waals surface area contributed by atoms with Crippen molar-refractivity contribution in [2.45, 2.75) is 80.5 Å². The quantitative estimate of drug-likeness (QED) is 0.267. The van der Waals surface area contributed by atoms with Gasteiger partial charge in [0, 0.05) is 61.6 Å². The van der Waals surface area contributed by atoms with Crippen molar-refractivity contribution in [2.75, 3.05) is 50.7 Å². The van der Waals surface area contributed by atoms with Gasteiger partial charge in [-0.1, -0.05) is 51.0 Å². The normalized spacial score (nSPS) is 24.1. The number of likely N-dealkylation sites (N-methyl/N-ethyl adjacent to an activating group) is 1. The van der Waals surface area contributed by atoms with Crippen molar-refractivity contribution in [3.8, 4) is 0 Å². The minimum atomic E-state index is -3.54. The molecular weight excluding hydrogens is 577 g/mol. The summed E-state index contributed by atoms with van der Waals surface area (Å²) in [6.07, 6.45) is 10.5. The molecule has 240 valence electrons. The minimum absolute atomic E-state index is 0.316. The maximum absolute atomic E-state index is 13.2. The number of rotatable bonds is 9. The number of likely N-dealkylation sites (tertiary alicyclic amines) is 1. The third-order valence-corrected chi connectivity index (χ3v) is 13.5. The number of sulfone groups is 1. The molecule has 4 aliphatic rings. The smallest absolute Gasteiger partial charge is 0.206 e. The van der Waals surface area contributed by atoms with Crippen LogP contribution in [-0.2, 0) is 28.2 Å². The number of anilines is 1. The van der Waals surface area contributed by atoms with Crippen molar-refractivity contribution < 1.29 is 8.42 Å². The molecule has 3 fully saturated rings. The summed E-state index contributed by atoms with van der Waals surface area (Å²) in [5.74, 6) is 2.26. The van der Waals surface area contributed by atoms with Gasteiger partial charge in [-0.2, -0.15) is 0 Å². The number of nitrogens with zero attached hydrogens (tertiary/aromatic N) is 4. The van der Waals surface area contributed by atoms with Crippen LogP contribution in [0.1, 0.15) is 69.2 Å². The molecule has 0 N–H and O–H groups in total. The van der Waals surface area contributed by atoms with Crippen molar-refractivity contribution in [1.82, 2.24) is 14.8 Å². The average Bonchev–Trinajstić information content (AvgIpc) is 3.62. The van der Waals surface area contributed by atoms with Crippen LogP contribution in [0.25, 0.3) is 0 Å². The number of hydrogen-bond acceptors (Lipinski definition) is 6. The molecule has 3 aromatic rings. The largest absolute Gasteiger partial charge is 0.371 e. The molecule has 7 heteroatoms. The molecule has 2 aromatic carbocycles. The molecular formula is C38H50N4O2S. The summed E-state index contributed by atoms with van der Waals surface area (Å²) in [6, 6.07) is 20.2. The van der Waals surface area contributed by atoms with Gasteiger partial charge < -0.3 is 9.80 Å². The molecule has 0 amide bonds. The molecule has 1 atom stereocenters. The highest BCUT2D eigenvalue weighted by Gasteiger charge is 2.51. The van der Waals surface area contributed by atoms with Gasteiger partial charge in [-0.05, 0) is 111 Å². The number of benzene rings is 2. The van der Waals surface area contributed by atoms with E-state index in [0.717, 1.165) is 49.4 Å². The van der Waals surface area contributed by atoms with Gasteiger partial charge in [-0.15, -0.1) is 0 Å². The number of pyridine rings is 1. The van der Waals surface area contributed by atoms with Crippen LogP contribution >= 0.6 is 0 Å². The fraction of sp³-hybridized carbons (Fsp3) is 0.553. The molecule has 45 heavy (non-hydrogen) atoms. The lowest BCUT2D eigenvalue weighted by atomic mass is 9.57. The van der Waals surface area contributed by atoms with E-state index in [1.165, 1.54) is 64.7 Å². The third-order valence-electron chi connectivity index (χ3n) is 11.7. The van der Waals surface area contributed by atoms with E-state index in [4.69, 9.17) is 0 Å². The summed E-state index contributed by atoms with van der Waals surface area (Å²) in [7, 11) is -3.54. The van der Waals surface area contributed by atoms with Crippen LogP contribution in [0.4, 0.5) is 5.69 Å². The predicted octanol–water partition coefficient (Wildman–Crippen LogP) is 6.59. The summed E-state index contributed by atoms with van der Waals surface area (Å²) >= 11 is 0. The Hall–Kier alpha value is -2.74. The van der Waals surface area contributed by atoms with Crippen molar-refractivity contribution in [3.63, 3.8) is 0 Å². The van der Waals surface area contributed by atoms with Crippen LogP contribution in [-0.4, -0.2) is 69.0 Å². The first-order valence-electron chi connectivity index (χ1n) is 17.5. The molecule has 2 saturated heterocycles. The molecule has 1 aliphatic carbocycles. The van der Waals surface area contributed by atoms with Gasteiger partial charge in [-0.25, -0.2) is 8.42 Å². The Morgan fingerprint density at radius 2 is 1.56 bits per heavy atom. The molecule has 0 bridgehead atoms. The Labute approximate surface area is 270 Å². The molecule has 0 spiro atoms. The van der Waals surface area contributed by atoms with Gasteiger partial charge in [0.1, 0.15) is 0 Å². The second-order valence-corrected chi connectivity index (χ2v) is 16.1. The number of aromatic nitrogens is 1. The zero-order valence-electron chi connectivity index (χ0n) is 27.2. The SMILES string of the molecule is CCc1cc(S(=O)(=O)c2ccc(N3CC(CN4CCC(C5(C6CCCC6)CN(CC)Cc6ccccc65)CC4)C3)cc2)ccn1. The number of aryl methyl sites for hydroxylation is 1. The highest BCUT2D eigenvalue weighted by molar-refractivity contribution is 7.91. The van der Waals surface area contributed by atoms with Crippen LogP contribution in [0.5, 0.6) is 0 Å². The fourth-order valence-electron chi connectivity index (χ4n) is 9.24. The topological polar surface area (TPSA) is 56.8 Å². The zero-order chi connectivity index (χ0) is 31.0. The summed E-state index contributed by atoms with van der Waals surface area (Å²) in [5.41, 5.74) is 5.50. The highest BCUT2D eigenvalue weighted by Crippen LogP contribution is 2.53. The van der Waals surface area contributed by atoms with Crippen LogP contribution in [0.15, 0.2) is 76.7 Å². The number of piperidine rings is 1. The van der Waals surface area contributed by atoms with Crippen LogP contribution in [0.2, 0.25) is 0 Å². The molecule has 4 heterocycles. The first kappa shape index (κ1) is 30.9. The summed E-state index contributed by atoms with van der Waals surface area (Å²) in [6.45, 7) is 13.5. The van der Waals surface area contributed by atoms with Gasteiger partial charge in [0.25, 0.3) is 0 Å². The van der Waals surface area contributed by atoms with E-state index in [1.54, 1.807) is 41.6 Å². The van der Waals surface area contributed by atoms with E-state index < -0.39 is 9.84 Å². The van der Waals surface area contributed by atoms with E-state index in [0.29, 0.717) is 27.5 Å². The molecule has 1 aromatic heterocycles. The van der Waals surface area contributed by atoms with Crippen molar-refractivity contribution in [1.29, 1.82) is 0 Å². The second-order valence-electron chi connectivity index (χ2n) is 14.2. The lowest BCUT2D eigenvalue weighted by Crippen LogP contribution is -2.57. The fourth-order valence-corrected chi connectivity index (χ4v) is 10.5. The molecule has 0 radical (unpaired) electrons. The van der Waals surface area contributed by atoms with Crippen molar-refractivity contribution >= 4 is 15.5 Å². The van der Waals surface area contributed by atoms with Crippen molar-refractivity contribution in [2.24, 2.45) is 17.8 Å². The van der Waals surface area contributed by atoms with Crippen molar-refractivity contribution in [3.05, 3.63) is 83.7 Å². The molecule has 1 saturated carbocycles. The van der Waals surface area contributed by atoms with Gasteiger partial charge in [-0.3, -0.25) is 9.88 Å². The van der Waals surface area contributed by atoms with Gasteiger partial charge >= 0.3 is 0 Å². The highest BCUT2D eigenvalue weighted by atomic mass is 32.2. The Kier molecular flexibility index (Phi) is 8.79. The van der Waals surface area contributed by atoms with Crippen LogP contribution in [0.3, 0.4) is 0 Å². The molecule has 3 aliphatic heterocycles. The Morgan fingerprint density at radius 1 is 0.844 bits per heavy atom. The Bertz CT molecular complexity index is 1570. The minimum Gasteiger partial charge on any atom is -0.371 e. The van der Waals surface area contributed by atoms with E-state index in [1.807, 2.05) is 19.1 Å².